The van der Waals surface area contributed by atoms with E-state index in [1.807, 2.05) is 6.92 Å². The summed E-state index contributed by atoms with van der Waals surface area (Å²) in [6, 6.07) is 5.74. The number of benzene rings is 1. The van der Waals surface area contributed by atoms with Crippen LogP contribution in [0.25, 0.3) is 0 Å². The largest absolute Gasteiger partial charge is 0.508 e. The van der Waals surface area contributed by atoms with Gasteiger partial charge in [0.15, 0.2) is 0 Å². The average molecular weight is 271 g/mol. The lowest BCUT2D eigenvalue weighted by atomic mass is 10.3. The van der Waals surface area contributed by atoms with Crippen molar-refractivity contribution in [3.8, 4) is 5.75 Å². The highest BCUT2D eigenvalue weighted by Gasteiger charge is 2.27. The Balaban J connectivity index is 2.30. The van der Waals surface area contributed by atoms with Gasteiger partial charge in [0, 0.05) is 19.7 Å². The molecule has 5 nitrogen and oxygen atoms in total. The maximum atomic E-state index is 12.4. The Hall–Kier alpha value is -1.11. The first kappa shape index (κ1) is 13.3. The van der Waals surface area contributed by atoms with Crippen LogP contribution >= 0.6 is 0 Å². The second-order valence-electron chi connectivity index (χ2n) is 4.40. The van der Waals surface area contributed by atoms with Gasteiger partial charge in [0.1, 0.15) is 5.75 Å². The van der Waals surface area contributed by atoms with Crippen LogP contribution in [0.5, 0.6) is 5.75 Å². The number of sulfonamides is 1. The van der Waals surface area contributed by atoms with Crippen LogP contribution in [-0.2, 0) is 14.8 Å². The lowest BCUT2D eigenvalue weighted by Crippen LogP contribution is -2.35. The summed E-state index contributed by atoms with van der Waals surface area (Å²) < 4.78 is 31.6. The monoisotopic (exact) mass is 271 g/mol. The molecule has 2 rings (SSSR count). The van der Waals surface area contributed by atoms with E-state index in [2.05, 4.69) is 0 Å². The Morgan fingerprint density at radius 3 is 2.94 bits per heavy atom. The van der Waals surface area contributed by atoms with Crippen molar-refractivity contribution in [2.75, 3.05) is 19.7 Å². The molecule has 0 spiro atoms. The summed E-state index contributed by atoms with van der Waals surface area (Å²) in [5, 5.41) is 9.37. The zero-order valence-corrected chi connectivity index (χ0v) is 11.1. The number of hydrogen-bond acceptors (Lipinski definition) is 4. The Labute approximate surface area is 107 Å². The molecule has 0 aliphatic carbocycles. The summed E-state index contributed by atoms with van der Waals surface area (Å²) in [7, 11) is -3.55. The predicted octanol–water partition coefficient (Wildman–Crippen LogP) is 1.19. The zero-order chi connectivity index (χ0) is 13.2. The van der Waals surface area contributed by atoms with Crippen molar-refractivity contribution in [2.45, 2.75) is 24.3 Å². The van der Waals surface area contributed by atoms with Gasteiger partial charge in [-0.1, -0.05) is 6.07 Å². The van der Waals surface area contributed by atoms with Gasteiger partial charge in [0.05, 0.1) is 11.0 Å². The molecule has 0 bridgehead atoms. The molecular formula is C12H17NO4S. The van der Waals surface area contributed by atoms with E-state index in [9.17, 15) is 13.5 Å². The lowest BCUT2D eigenvalue weighted by Gasteiger charge is -2.21. The van der Waals surface area contributed by atoms with Crippen LogP contribution in [0.3, 0.4) is 0 Å². The molecule has 100 valence electrons. The average Bonchev–Trinajstić information content (AvgIpc) is 2.54. The number of nitrogens with zero attached hydrogens (tertiary/aromatic N) is 1. The number of aromatic hydroxyl groups is 1. The van der Waals surface area contributed by atoms with Gasteiger partial charge in [-0.05, 0) is 31.5 Å². The van der Waals surface area contributed by atoms with Crippen LogP contribution in [0.2, 0.25) is 0 Å². The Bertz CT molecular complexity index is 515. The van der Waals surface area contributed by atoms with Crippen LogP contribution in [0.4, 0.5) is 0 Å². The smallest absolute Gasteiger partial charge is 0.243 e. The topological polar surface area (TPSA) is 66.8 Å². The van der Waals surface area contributed by atoms with Crippen LogP contribution in [-0.4, -0.2) is 43.6 Å². The molecule has 1 unspecified atom stereocenters. The molecule has 1 saturated heterocycles. The minimum Gasteiger partial charge on any atom is -0.508 e. The first-order chi connectivity index (χ1) is 8.50. The molecule has 1 atom stereocenters. The number of phenolic OH excluding ortho intramolecular Hbond substituents is 1. The van der Waals surface area contributed by atoms with Gasteiger partial charge in [0.25, 0.3) is 0 Å². The summed E-state index contributed by atoms with van der Waals surface area (Å²) in [4.78, 5) is 0.122. The Morgan fingerprint density at radius 2 is 2.22 bits per heavy atom. The molecule has 0 saturated carbocycles. The molecule has 0 aromatic heterocycles. The first-order valence-electron chi connectivity index (χ1n) is 5.91. The third-order valence-electron chi connectivity index (χ3n) is 2.87. The Morgan fingerprint density at radius 1 is 1.44 bits per heavy atom. The predicted molar refractivity (Wildman–Crippen MR) is 66.9 cm³/mol. The van der Waals surface area contributed by atoms with Crippen molar-refractivity contribution >= 4 is 10.0 Å². The number of rotatable bonds is 2. The van der Waals surface area contributed by atoms with Crippen LogP contribution in [0, 0.1) is 0 Å². The molecular weight excluding hydrogens is 254 g/mol. The lowest BCUT2D eigenvalue weighted by molar-refractivity contribution is 0.0752. The fraction of sp³-hybridized carbons (Fsp3) is 0.500. The fourth-order valence-electron chi connectivity index (χ4n) is 1.97. The third kappa shape index (κ3) is 2.82. The minimum atomic E-state index is -3.55. The quantitative estimate of drug-likeness (QED) is 0.877. The number of hydrogen-bond donors (Lipinski definition) is 1. The molecule has 0 radical (unpaired) electrons. The van der Waals surface area contributed by atoms with Crippen molar-refractivity contribution in [3.63, 3.8) is 0 Å². The highest BCUT2D eigenvalue weighted by atomic mass is 32.2. The standard InChI is InChI=1S/C12H17NO4S/c1-10-9-13(6-3-7-17-10)18(15,16)12-5-2-4-11(14)8-12/h2,4-5,8,10,14H,3,6-7,9H2,1H3. The van der Waals surface area contributed by atoms with E-state index in [1.54, 1.807) is 0 Å². The van der Waals surface area contributed by atoms with Gasteiger partial charge in [0.2, 0.25) is 10.0 Å². The van der Waals surface area contributed by atoms with Crippen molar-refractivity contribution in [1.29, 1.82) is 0 Å². The summed E-state index contributed by atoms with van der Waals surface area (Å²) in [5.41, 5.74) is 0. The molecule has 1 fully saturated rings. The Kier molecular flexibility index (Phi) is 3.89. The van der Waals surface area contributed by atoms with E-state index in [0.29, 0.717) is 26.1 Å². The molecule has 1 aromatic rings. The summed E-state index contributed by atoms with van der Waals surface area (Å²) in [5.74, 6) is -0.0461. The molecule has 1 aliphatic heterocycles. The SMILES string of the molecule is CC1CN(S(=O)(=O)c2cccc(O)c2)CCCO1. The third-order valence-corrected chi connectivity index (χ3v) is 4.73. The zero-order valence-electron chi connectivity index (χ0n) is 10.2. The number of phenols is 1. The van der Waals surface area contributed by atoms with Gasteiger partial charge < -0.3 is 9.84 Å². The summed E-state index contributed by atoms with van der Waals surface area (Å²) in [6.45, 7) is 3.23. The van der Waals surface area contributed by atoms with E-state index in [-0.39, 0.29) is 16.7 Å². The summed E-state index contributed by atoms with van der Waals surface area (Å²) in [6.07, 6.45) is 0.571. The van der Waals surface area contributed by atoms with E-state index >= 15 is 0 Å². The second kappa shape index (κ2) is 5.26. The molecule has 1 aliphatic rings. The van der Waals surface area contributed by atoms with Crippen molar-refractivity contribution < 1.29 is 18.3 Å². The highest BCUT2D eigenvalue weighted by molar-refractivity contribution is 7.89. The van der Waals surface area contributed by atoms with Crippen molar-refractivity contribution in [1.82, 2.24) is 4.31 Å². The van der Waals surface area contributed by atoms with Crippen molar-refractivity contribution in [2.24, 2.45) is 0 Å². The maximum absolute atomic E-state index is 12.4. The van der Waals surface area contributed by atoms with Gasteiger partial charge in [-0.25, -0.2) is 8.42 Å². The van der Waals surface area contributed by atoms with Crippen molar-refractivity contribution in [3.05, 3.63) is 24.3 Å². The highest BCUT2D eigenvalue weighted by Crippen LogP contribution is 2.21. The van der Waals surface area contributed by atoms with Crippen LogP contribution < -0.4 is 0 Å². The first-order valence-corrected chi connectivity index (χ1v) is 7.35. The molecule has 1 aromatic carbocycles. The van der Waals surface area contributed by atoms with E-state index in [4.69, 9.17) is 4.74 Å². The molecule has 1 N–H and O–H groups in total. The van der Waals surface area contributed by atoms with E-state index in [0.717, 1.165) is 0 Å². The fourth-order valence-corrected chi connectivity index (χ4v) is 3.56. The molecule has 6 heteroatoms. The van der Waals surface area contributed by atoms with Gasteiger partial charge in [-0.2, -0.15) is 4.31 Å². The van der Waals surface area contributed by atoms with Gasteiger partial charge >= 0.3 is 0 Å². The van der Waals surface area contributed by atoms with E-state index in [1.165, 1.54) is 28.6 Å². The summed E-state index contributed by atoms with van der Waals surface area (Å²) >= 11 is 0. The minimum absolute atomic E-state index is 0.0461. The van der Waals surface area contributed by atoms with E-state index < -0.39 is 10.0 Å². The maximum Gasteiger partial charge on any atom is 0.243 e. The molecule has 18 heavy (non-hydrogen) atoms. The normalized spacial score (nSPS) is 22.6. The second-order valence-corrected chi connectivity index (χ2v) is 6.33. The van der Waals surface area contributed by atoms with Gasteiger partial charge in [-0.15, -0.1) is 0 Å². The number of ether oxygens (including phenoxy) is 1. The molecule has 1 heterocycles. The van der Waals surface area contributed by atoms with Gasteiger partial charge in [-0.3, -0.25) is 0 Å². The van der Waals surface area contributed by atoms with Crippen LogP contribution in [0.15, 0.2) is 29.2 Å². The molecule has 0 amide bonds. The van der Waals surface area contributed by atoms with Crippen LogP contribution in [0.1, 0.15) is 13.3 Å².